The van der Waals surface area contributed by atoms with Gasteiger partial charge in [-0.15, -0.1) is 0 Å². The summed E-state index contributed by atoms with van der Waals surface area (Å²) in [4.78, 5) is 9.70. The molecular weight excluding hydrogens is 174 g/mol. The number of benzene rings is 1. The Kier molecular flexibility index (Phi) is 2.81. The number of phenols is 1. The first-order valence-corrected chi connectivity index (χ1v) is 3.72. The van der Waals surface area contributed by atoms with Gasteiger partial charge in [0.15, 0.2) is 5.75 Å². The summed E-state index contributed by atoms with van der Waals surface area (Å²) in [5, 5.41) is 28.0. The Labute approximate surface area is 74.4 Å². The monoisotopic (exact) mass is 183 g/mol. The van der Waals surface area contributed by atoms with Gasteiger partial charge in [0.05, 0.1) is 4.92 Å². The zero-order valence-corrected chi connectivity index (χ0v) is 6.80. The number of nitrogens with zero attached hydrogens (tertiary/aromatic N) is 1. The van der Waals surface area contributed by atoms with Crippen molar-refractivity contribution in [2.45, 2.75) is 6.42 Å². The van der Waals surface area contributed by atoms with Gasteiger partial charge in [0, 0.05) is 12.7 Å². The SMILES string of the molecule is O=[N+]([O-])c1cc(CCO)ccc1O. The van der Waals surface area contributed by atoms with E-state index >= 15 is 0 Å². The third-order valence-electron chi connectivity index (χ3n) is 1.64. The summed E-state index contributed by atoms with van der Waals surface area (Å²) in [6.45, 7) is -0.0675. The zero-order valence-electron chi connectivity index (χ0n) is 6.80. The van der Waals surface area contributed by atoms with Crippen LogP contribution < -0.4 is 0 Å². The van der Waals surface area contributed by atoms with Gasteiger partial charge in [0.25, 0.3) is 0 Å². The Morgan fingerprint density at radius 1 is 1.46 bits per heavy atom. The van der Waals surface area contributed by atoms with Crippen molar-refractivity contribution in [1.29, 1.82) is 0 Å². The zero-order chi connectivity index (χ0) is 9.84. The van der Waals surface area contributed by atoms with E-state index in [1.165, 1.54) is 12.1 Å². The van der Waals surface area contributed by atoms with Crippen molar-refractivity contribution in [3.05, 3.63) is 33.9 Å². The van der Waals surface area contributed by atoms with Crippen molar-refractivity contribution in [2.24, 2.45) is 0 Å². The van der Waals surface area contributed by atoms with E-state index in [1.807, 2.05) is 0 Å². The summed E-state index contributed by atoms with van der Waals surface area (Å²) in [6.07, 6.45) is 0.348. The summed E-state index contributed by atoms with van der Waals surface area (Å²) in [6, 6.07) is 4.05. The number of aromatic hydroxyl groups is 1. The molecule has 0 amide bonds. The minimum atomic E-state index is -0.657. The van der Waals surface area contributed by atoms with E-state index in [2.05, 4.69) is 0 Å². The molecule has 0 heterocycles. The second kappa shape index (κ2) is 3.86. The first-order valence-electron chi connectivity index (χ1n) is 3.72. The molecule has 0 fully saturated rings. The number of hydrogen-bond acceptors (Lipinski definition) is 4. The third kappa shape index (κ3) is 2.16. The molecule has 0 spiro atoms. The van der Waals surface area contributed by atoms with Crippen molar-refractivity contribution in [3.63, 3.8) is 0 Å². The third-order valence-corrected chi connectivity index (χ3v) is 1.64. The van der Waals surface area contributed by atoms with Gasteiger partial charge in [-0.05, 0) is 18.1 Å². The van der Waals surface area contributed by atoms with E-state index in [1.54, 1.807) is 6.07 Å². The molecule has 0 unspecified atom stereocenters. The first kappa shape index (κ1) is 9.47. The van der Waals surface area contributed by atoms with Crippen molar-refractivity contribution < 1.29 is 15.1 Å². The average molecular weight is 183 g/mol. The highest BCUT2D eigenvalue weighted by Crippen LogP contribution is 2.26. The van der Waals surface area contributed by atoms with Gasteiger partial charge in [0.2, 0.25) is 0 Å². The molecule has 0 aromatic heterocycles. The van der Waals surface area contributed by atoms with Crippen LogP contribution in [0.25, 0.3) is 0 Å². The Bertz CT molecular complexity index is 324. The molecule has 13 heavy (non-hydrogen) atoms. The number of hydrogen-bond donors (Lipinski definition) is 2. The van der Waals surface area contributed by atoms with Crippen LogP contribution in [0.2, 0.25) is 0 Å². The second-order valence-electron chi connectivity index (χ2n) is 2.55. The lowest BCUT2D eigenvalue weighted by atomic mass is 10.1. The van der Waals surface area contributed by atoms with Crippen LogP contribution in [0.5, 0.6) is 5.75 Å². The molecule has 0 aliphatic carbocycles. The molecule has 1 aromatic carbocycles. The highest BCUT2D eigenvalue weighted by molar-refractivity contribution is 5.47. The molecule has 0 bridgehead atoms. The lowest BCUT2D eigenvalue weighted by Gasteiger charge is -1.99. The average Bonchev–Trinajstić information content (AvgIpc) is 2.08. The highest BCUT2D eigenvalue weighted by atomic mass is 16.6. The van der Waals surface area contributed by atoms with Crippen LogP contribution in [0.3, 0.4) is 0 Å². The Balaban J connectivity index is 3.04. The van der Waals surface area contributed by atoms with Crippen molar-refractivity contribution in [1.82, 2.24) is 0 Å². The number of rotatable bonds is 3. The molecule has 0 aliphatic rings. The number of nitro groups is 1. The van der Waals surface area contributed by atoms with Crippen LogP contribution in [0.4, 0.5) is 5.69 Å². The molecule has 5 nitrogen and oxygen atoms in total. The number of phenolic OH excluding ortho intramolecular Hbond substituents is 1. The topological polar surface area (TPSA) is 83.6 Å². The lowest BCUT2D eigenvalue weighted by molar-refractivity contribution is -0.385. The fraction of sp³-hybridized carbons (Fsp3) is 0.250. The molecule has 70 valence electrons. The fourth-order valence-electron chi connectivity index (χ4n) is 1.000. The molecule has 5 heteroatoms. The van der Waals surface area contributed by atoms with Crippen LogP contribution in [-0.4, -0.2) is 21.7 Å². The highest BCUT2D eigenvalue weighted by Gasteiger charge is 2.12. The molecule has 0 saturated carbocycles. The van der Waals surface area contributed by atoms with Gasteiger partial charge in [-0.3, -0.25) is 10.1 Å². The summed E-state index contributed by atoms with van der Waals surface area (Å²) in [5.74, 6) is -0.355. The Morgan fingerprint density at radius 2 is 2.15 bits per heavy atom. The standard InChI is InChI=1S/C8H9NO4/c10-4-3-6-1-2-8(11)7(5-6)9(12)13/h1-2,5,10-11H,3-4H2. The maximum absolute atomic E-state index is 10.4. The van der Waals surface area contributed by atoms with Crippen LogP contribution in [-0.2, 0) is 6.42 Å². The van der Waals surface area contributed by atoms with Crippen LogP contribution >= 0.6 is 0 Å². The Morgan fingerprint density at radius 3 is 2.69 bits per heavy atom. The van der Waals surface area contributed by atoms with Crippen LogP contribution in [0.15, 0.2) is 18.2 Å². The molecule has 0 aliphatic heterocycles. The van der Waals surface area contributed by atoms with Crippen molar-refractivity contribution in [3.8, 4) is 5.75 Å². The molecule has 0 radical (unpaired) electrons. The smallest absolute Gasteiger partial charge is 0.310 e. The predicted octanol–water partition coefficient (Wildman–Crippen LogP) is 0.835. The van der Waals surface area contributed by atoms with Gasteiger partial charge in [0.1, 0.15) is 0 Å². The van der Waals surface area contributed by atoms with Gasteiger partial charge < -0.3 is 10.2 Å². The Hall–Kier alpha value is -1.62. The predicted molar refractivity (Wildman–Crippen MR) is 45.6 cm³/mol. The van der Waals surface area contributed by atoms with Gasteiger partial charge in [-0.2, -0.15) is 0 Å². The summed E-state index contributed by atoms with van der Waals surface area (Å²) < 4.78 is 0. The maximum Gasteiger partial charge on any atom is 0.310 e. The molecule has 0 saturated heterocycles. The summed E-state index contributed by atoms with van der Waals surface area (Å²) in [5.41, 5.74) is 0.304. The molecule has 1 aromatic rings. The van der Waals surface area contributed by atoms with Crippen LogP contribution in [0.1, 0.15) is 5.56 Å². The minimum Gasteiger partial charge on any atom is -0.502 e. The van der Waals surface area contributed by atoms with E-state index in [0.717, 1.165) is 0 Å². The normalized spacial score (nSPS) is 9.92. The number of nitro benzene ring substituents is 1. The first-order chi connectivity index (χ1) is 6.15. The van der Waals surface area contributed by atoms with E-state index < -0.39 is 4.92 Å². The molecule has 1 rings (SSSR count). The van der Waals surface area contributed by atoms with Gasteiger partial charge >= 0.3 is 5.69 Å². The van der Waals surface area contributed by atoms with E-state index in [0.29, 0.717) is 12.0 Å². The van der Waals surface area contributed by atoms with E-state index in [9.17, 15) is 10.1 Å². The summed E-state index contributed by atoms with van der Waals surface area (Å²) in [7, 11) is 0. The number of aliphatic hydroxyl groups is 1. The van der Waals surface area contributed by atoms with Gasteiger partial charge in [-0.25, -0.2) is 0 Å². The van der Waals surface area contributed by atoms with Crippen molar-refractivity contribution >= 4 is 5.69 Å². The van der Waals surface area contributed by atoms with Gasteiger partial charge in [-0.1, -0.05) is 6.07 Å². The quantitative estimate of drug-likeness (QED) is 0.537. The largest absolute Gasteiger partial charge is 0.502 e. The van der Waals surface area contributed by atoms with E-state index in [-0.39, 0.29) is 18.0 Å². The van der Waals surface area contributed by atoms with Crippen LogP contribution in [0, 0.1) is 10.1 Å². The number of aliphatic hydroxyl groups excluding tert-OH is 1. The maximum atomic E-state index is 10.4. The fourth-order valence-corrected chi connectivity index (χ4v) is 1.000. The molecular formula is C8H9NO4. The molecule has 2 N–H and O–H groups in total. The minimum absolute atomic E-state index is 0.0675. The van der Waals surface area contributed by atoms with E-state index in [4.69, 9.17) is 10.2 Å². The lowest BCUT2D eigenvalue weighted by Crippen LogP contribution is -1.94. The second-order valence-corrected chi connectivity index (χ2v) is 2.55. The molecule has 0 atom stereocenters. The van der Waals surface area contributed by atoms with Crippen molar-refractivity contribution in [2.75, 3.05) is 6.61 Å². The summed E-state index contributed by atoms with van der Waals surface area (Å²) >= 11 is 0.